The maximum absolute atomic E-state index is 14.1. The van der Waals surface area contributed by atoms with Crippen molar-refractivity contribution in [2.75, 3.05) is 23.7 Å². The number of nitrogens with zero attached hydrogens (tertiary/aromatic N) is 1. The Balaban J connectivity index is 1.82. The molecule has 122 valence electrons. The predicted molar refractivity (Wildman–Crippen MR) is 95.4 cm³/mol. The van der Waals surface area contributed by atoms with Crippen molar-refractivity contribution in [3.63, 3.8) is 0 Å². The minimum Gasteiger partial charge on any atom is -0.399 e. The number of hydrogen-bond acceptors (Lipinski definition) is 2. The van der Waals surface area contributed by atoms with Crippen molar-refractivity contribution >= 4 is 11.4 Å². The fourth-order valence-electron chi connectivity index (χ4n) is 3.59. The Labute approximate surface area is 138 Å². The van der Waals surface area contributed by atoms with Crippen LogP contribution >= 0.6 is 0 Å². The summed E-state index contributed by atoms with van der Waals surface area (Å²) in [5.74, 6) is 0.888. The van der Waals surface area contributed by atoms with Crippen LogP contribution in [-0.4, -0.2) is 13.1 Å². The second kappa shape index (κ2) is 6.61. The van der Waals surface area contributed by atoms with Crippen LogP contribution in [0.4, 0.5) is 15.8 Å². The highest BCUT2D eigenvalue weighted by atomic mass is 19.1. The second-order valence-corrected chi connectivity index (χ2v) is 6.74. The van der Waals surface area contributed by atoms with E-state index >= 15 is 0 Å². The largest absolute Gasteiger partial charge is 0.399 e. The van der Waals surface area contributed by atoms with E-state index in [0.29, 0.717) is 11.8 Å². The van der Waals surface area contributed by atoms with Crippen molar-refractivity contribution < 1.29 is 4.39 Å². The molecule has 0 radical (unpaired) electrons. The summed E-state index contributed by atoms with van der Waals surface area (Å²) in [7, 11) is 0. The first-order valence-corrected chi connectivity index (χ1v) is 8.45. The van der Waals surface area contributed by atoms with Crippen molar-refractivity contribution in [1.29, 1.82) is 0 Å². The van der Waals surface area contributed by atoms with Gasteiger partial charge in [-0.3, -0.25) is 0 Å². The molecule has 0 saturated carbocycles. The van der Waals surface area contributed by atoms with Crippen molar-refractivity contribution in [2.24, 2.45) is 5.92 Å². The van der Waals surface area contributed by atoms with Gasteiger partial charge in [0.15, 0.2) is 0 Å². The summed E-state index contributed by atoms with van der Waals surface area (Å²) >= 11 is 0. The van der Waals surface area contributed by atoms with Gasteiger partial charge in [0.25, 0.3) is 0 Å². The van der Waals surface area contributed by atoms with E-state index in [9.17, 15) is 4.39 Å². The Morgan fingerprint density at radius 3 is 2.52 bits per heavy atom. The summed E-state index contributed by atoms with van der Waals surface area (Å²) in [5.41, 5.74) is 9.68. The number of hydrogen-bond donors (Lipinski definition) is 1. The number of aryl methyl sites for hydroxylation is 1. The number of anilines is 2. The van der Waals surface area contributed by atoms with Gasteiger partial charge in [-0.1, -0.05) is 26.0 Å². The van der Waals surface area contributed by atoms with E-state index in [1.165, 1.54) is 5.69 Å². The Morgan fingerprint density at radius 2 is 1.87 bits per heavy atom. The second-order valence-electron chi connectivity index (χ2n) is 6.74. The Kier molecular flexibility index (Phi) is 4.56. The lowest BCUT2D eigenvalue weighted by Crippen LogP contribution is -2.38. The van der Waals surface area contributed by atoms with Crippen molar-refractivity contribution in [3.8, 4) is 0 Å². The van der Waals surface area contributed by atoms with E-state index < -0.39 is 0 Å². The number of rotatable bonds is 3. The molecule has 1 saturated heterocycles. The number of nitrogens with two attached hydrogens (primary N) is 1. The van der Waals surface area contributed by atoms with E-state index in [-0.39, 0.29) is 5.82 Å². The molecule has 3 rings (SSSR count). The highest BCUT2D eigenvalue weighted by Crippen LogP contribution is 2.33. The summed E-state index contributed by atoms with van der Waals surface area (Å²) in [6.07, 6.45) is 1.85. The van der Waals surface area contributed by atoms with Gasteiger partial charge in [-0.15, -0.1) is 0 Å². The quantitative estimate of drug-likeness (QED) is 0.839. The standard InChI is InChI=1S/C20H25FN2/c1-3-15-4-5-16(11-20(15)21)17-10-14(2)12-23(13-17)19-8-6-18(22)7-9-19/h4-9,11,14,17H,3,10,12-13,22H2,1-2H3. The number of halogens is 1. The van der Waals surface area contributed by atoms with Crippen LogP contribution in [0, 0.1) is 11.7 Å². The molecule has 1 aliphatic heterocycles. The molecule has 2 unspecified atom stereocenters. The zero-order chi connectivity index (χ0) is 16.4. The summed E-state index contributed by atoms with van der Waals surface area (Å²) in [6.45, 7) is 6.23. The third-order valence-electron chi connectivity index (χ3n) is 4.85. The van der Waals surface area contributed by atoms with E-state index in [1.807, 2.05) is 25.1 Å². The summed E-state index contributed by atoms with van der Waals surface area (Å²) in [6, 6.07) is 13.8. The van der Waals surface area contributed by atoms with Crippen LogP contribution in [0.3, 0.4) is 0 Å². The molecule has 0 amide bonds. The van der Waals surface area contributed by atoms with Crippen LogP contribution in [0.25, 0.3) is 0 Å². The van der Waals surface area contributed by atoms with E-state index in [4.69, 9.17) is 5.73 Å². The van der Waals surface area contributed by atoms with Gasteiger partial charge in [0.05, 0.1) is 0 Å². The summed E-state index contributed by atoms with van der Waals surface area (Å²) < 4.78 is 14.1. The highest BCUT2D eigenvalue weighted by molar-refractivity contribution is 5.53. The molecule has 1 fully saturated rings. The SMILES string of the molecule is CCc1ccc(C2CC(C)CN(c3ccc(N)cc3)C2)cc1F. The maximum atomic E-state index is 14.1. The molecule has 1 heterocycles. The van der Waals surface area contributed by atoms with E-state index in [1.54, 1.807) is 6.07 Å². The molecule has 2 nitrogen and oxygen atoms in total. The van der Waals surface area contributed by atoms with Gasteiger partial charge in [0, 0.05) is 30.4 Å². The number of benzene rings is 2. The van der Waals surface area contributed by atoms with Gasteiger partial charge < -0.3 is 10.6 Å². The monoisotopic (exact) mass is 312 g/mol. The molecule has 1 aliphatic rings. The molecule has 0 bridgehead atoms. The molecule has 0 aromatic heterocycles. The van der Waals surface area contributed by atoms with Crippen molar-refractivity contribution in [1.82, 2.24) is 0 Å². The predicted octanol–water partition coefficient (Wildman–Crippen LogP) is 4.60. The molecular formula is C20H25FN2. The summed E-state index contributed by atoms with van der Waals surface area (Å²) in [5, 5.41) is 0. The molecule has 2 N–H and O–H groups in total. The lowest BCUT2D eigenvalue weighted by molar-refractivity contribution is 0.401. The first-order chi connectivity index (χ1) is 11.1. The molecule has 3 heteroatoms. The summed E-state index contributed by atoms with van der Waals surface area (Å²) in [4.78, 5) is 2.39. The van der Waals surface area contributed by atoms with Crippen LogP contribution in [0.15, 0.2) is 42.5 Å². The van der Waals surface area contributed by atoms with Crippen LogP contribution in [-0.2, 0) is 6.42 Å². The topological polar surface area (TPSA) is 29.3 Å². The van der Waals surface area contributed by atoms with Gasteiger partial charge in [-0.2, -0.15) is 0 Å². The normalized spacial score (nSPS) is 21.4. The third-order valence-corrected chi connectivity index (χ3v) is 4.85. The average molecular weight is 312 g/mol. The molecule has 23 heavy (non-hydrogen) atoms. The maximum Gasteiger partial charge on any atom is 0.126 e. The average Bonchev–Trinajstić information content (AvgIpc) is 2.55. The smallest absolute Gasteiger partial charge is 0.126 e. The Bertz CT molecular complexity index is 666. The lowest BCUT2D eigenvalue weighted by atomic mass is 9.84. The molecular weight excluding hydrogens is 287 g/mol. The molecule has 2 aromatic rings. The zero-order valence-corrected chi connectivity index (χ0v) is 13.9. The molecule has 2 aromatic carbocycles. The van der Waals surface area contributed by atoms with Gasteiger partial charge in [0.1, 0.15) is 5.82 Å². The fraction of sp³-hybridized carbons (Fsp3) is 0.400. The molecule has 0 aliphatic carbocycles. The lowest BCUT2D eigenvalue weighted by Gasteiger charge is -2.38. The molecule has 0 spiro atoms. The van der Waals surface area contributed by atoms with Gasteiger partial charge >= 0.3 is 0 Å². The zero-order valence-electron chi connectivity index (χ0n) is 13.9. The van der Waals surface area contributed by atoms with Crippen LogP contribution in [0.2, 0.25) is 0 Å². The van der Waals surface area contributed by atoms with Crippen LogP contribution in [0.5, 0.6) is 0 Å². The van der Waals surface area contributed by atoms with Gasteiger partial charge in [0.2, 0.25) is 0 Å². The first-order valence-electron chi connectivity index (χ1n) is 8.45. The van der Waals surface area contributed by atoms with Crippen LogP contribution in [0.1, 0.15) is 37.3 Å². The fourth-order valence-corrected chi connectivity index (χ4v) is 3.59. The van der Waals surface area contributed by atoms with Crippen molar-refractivity contribution in [3.05, 3.63) is 59.4 Å². The van der Waals surface area contributed by atoms with E-state index in [2.05, 4.69) is 30.0 Å². The van der Waals surface area contributed by atoms with Crippen LogP contribution < -0.4 is 10.6 Å². The first kappa shape index (κ1) is 15.9. The third kappa shape index (κ3) is 3.49. The molecule has 2 atom stereocenters. The highest BCUT2D eigenvalue weighted by Gasteiger charge is 2.26. The number of nitrogen functional groups attached to an aromatic ring is 1. The van der Waals surface area contributed by atoms with Gasteiger partial charge in [-0.05, 0) is 60.2 Å². The minimum absolute atomic E-state index is 0.0674. The Hall–Kier alpha value is -2.03. The van der Waals surface area contributed by atoms with Gasteiger partial charge in [-0.25, -0.2) is 4.39 Å². The van der Waals surface area contributed by atoms with Crippen molar-refractivity contribution in [2.45, 2.75) is 32.6 Å². The van der Waals surface area contributed by atoms with E-state index in [0.717, 1.165) is 42.7 Å². The Morgan fingerprint density at radius 1 is 1.13 bits per heavy atom. The minimum atomic E-state index is -0.0674. The number of piperidine rings is 1.